The van der Waals surface area contributed by atoms with E-state index in [4.69, 9.17) is 0 Å². The maximum absolute atomic E-state index is 3.84. The van der Waals surface area contributed by atoms with Gasteiger partial charge in [0.05, 0.1) is 5.82 Å². The zero-order chi connectivity index (χ0) is 11.3. The number of nitrogens with one attached hydrogen (secondary N) is 2. The number of aryl methyl sites for hydroxylation is 1. The van der Waals surface area contributed by atoms with E-state index in [1.807, 2.05) is 6.92 Å². The molecule has 0 unspecified atom stereocenters. The van der Waals surface area contributed by atoms with Crippen molar-refractivity contribution in [1.82, 2.24) is 10.6 Å². The Balaban J connectivity index is 2.40. The van der Waals surface area contributed by atoms with E-state index < -0.39 is 0 Å². The van der Waals surface area contributed by atoms with Gasteiger partial charge in [-0.15, -0.1) is 0 Å². The van der Waals surface area contributed by atoms with Crippen LogP contribution in [0.15, 0.2) is 48.9 Å². The van der Waals surface area contributed by atoms with Gasteiger partial charge >= 0.3 is 0 Å². The van der Waals surface area contributed by atoms with Gasteiger partial charge in [-0.2, -0.15) is 0 Å². The van der Waals surface area contributed by atoms with Gasteiger partial charge in [-0.1, -0.05) is 43.0 Å². The summed E-state index contributed by atoms with van der Waals surface area (Å²) < 4.78 is 0. The molecule has 0 amide bonds. The largest absolute Gasteiger partial charge is 0.368 e. The van der Waals surface area contributed by atoms with Gasteiger partial charge < -0.3 is 10.6 Å². The quantitative estimate of drug-likeness (QED) is 0.767. The van der Waals surface area contributed by atoms with E-state index in [0.717, 1.165) is 18.1 Å². The summed E-state index contributed by atoms with van der Waals surface area (Å²) in [6.07, 6.45) is 0. The van der Waals surface area contributed by atoms with Gasteiger partial charge in [0, 0.05) is 12.2 Å². The van der Waals surface area contributed by atoms with Crippen molar-refractivity contribution in [2.75, 3.05) is 0 Å². The zero-order valence-corrected chi connectivity index (χ0v) is 9.43. The second kappa shape index (κ2) is 5.25. The van der Waals surface area contributed by atoms with Crippen LogP contribution in [0, 0.1) is 6.92 Å². The Bertz CT molecular complexity index is 349. The molecule has 1 aromatic carbocycles. The van der Waals surface area contributed by atoms with Crippen LogP contribution in [0.25, 0.3) is 0 Å². The summed E-state index contributed by atoms with van der Waals surface area (Å²) in [5, 5.41) is 6.21. The lowest BCUT2D eigenvalue weighted by molar-refractivity contribution is 0.742. The Kier molecular flexibility index (Phi) is 3.98. The molecule has 80 valence electrons. The summed E-state index contributed by atoms with van der Waals surface area (Å²) in [4.78, 5) is 0. The first-order valence-corrected chi connectivity index (χ1v) is 4.99. The van der Waals surface area contributed by atoms with Gasteiger partial charge in [-0.25, -0.2) is 0 Å². The predicted octanol–water partition coefficient (Wildman–Crippen LogP) is 2.68. The number of allylic oxidation sites excluding steroid dienone is 1. The van der Waals surface area contributed by atoms with Gasteiger partial charge in [0.2, 0.25) is 0 Å². The lowest BCUT2D eigenvalue weighted by Gasteiger charge is -2.11. The van der Waals surface area contributed by atoms with Crippen LogP contribution in [0.1, 0.15) is 18.1 Å². The lowest BCUT2D eigenvalue weighted by atomic mass is 10.1. The van der Waals surface area contributed by atoms with Gasteiger partial charge in [0.1, 0.15) is 0 Å². The average Bonchev–Trinajstić information content (AvgIpc) is 2.16. The normalized spacial score (nSPS) is 9.47. The summed E-state index contributed by atoms with van der Waals surface area (Å²) in [6, 6.07) is 8.42. The standard InChI is InChI=1S/C13H18N2/c1-10(2)15-12(4)14-9-13-7-5-11(3)6-8-13/h5-8,14-15H,1,4,9H2,2-3H3. The molecule has 0 aliphatic heterocycles. The van der Waals surface area contributed by atoms with Crippen molar-refractivity contribution in [2.45, 2.75) is 20.4 Å². The molecule has 0 radical (unpaired) electrons. The number of rotatable bonds is 5. The smallest absolute Gasteiger partial charge is 0.0957 e. The highest BCUT2D eigenvalue weighted by Gasteiger charge is 1.94. The van der Waals surface area contributed by atoms with Crippen LogP contribution in [-0.2, 0) is 6.54 Å². The first kappa shape index (κ1) is 11.4. The zero-order valence-electron chi connectivity index (χ0n) is 9.43. The summed E-state index contributed by atoms with van der Waals surface area (Å²) in [7, 11) is 0. The Morgan fingerprint density at radius 3 is 2.33 bits per heavy atom. The van der Waals surface area contributed by atoms with E-state index in [1.54, 1.807) is 0 Å². The van der Waals surface area contributed by atoms with Crippen molar-refractivity contribution in [3.63, 3.8) is 0 Å². The third-order valence-electron chi connectivity index (χ3n) is 1.99. The number of hydrogen-bond donors (Lipinski definition) is 2. The maximum atomic E-state index is 3.84. The molecule has 2 heteroatoms. The van der Waals surface area contributed by atoms with Crippen LogP contribution in [0.2, 0.25) is 0 Å². The Hall–Kier alpha value is -1.70. The molecule has 0 atom stereocenters. The van der Waals surface area contributed by atoms with Crippen LogP contribution in [0.5, 0.6) is 0 Å². The highest BCUT2D eigenvalue weighted by molar-refractivity contribution is 5.21. The van der Waals surface area contributed by atoms with E-state index >= 15 is 0 Å². The molecule has 0 saturated carbocycles. The van der Waals surface area contributed by atoms with Gasteiger partial charge in [0.25, 0.3) is 0 Å². The van der Waals surface area contributed by atoms with Crippen LogP contribution in [-0.4, -0.2) is 0 Å². The van der Waals surface area contributed by atoms with Crippen LogP contribution in [0.3, 0.4) is 0 Å². The molecule has 2 N–H and O–H groups in total. The summed E-state index contributed by atoms with van der Waals surface area (Å²) in [6.45, 7) is 12.4. The van der Waals surface area contributed by atoms with Crippen molar-refractivity contribution < 1.29 is 0 Å². The van der Waals surface area contributed by atoms with E-state index in [9.17, 15) is 0 Å². The number of benzene rings is 1. The van der Waals surface area contributed by atoms with Crippen molar-refractivity contribution in [3.8, 4) is 0 Å². The SMILES string of the molecule is C=C(C)NC(=C)NCc1ccc(C)cc1. The second-order valence-corrected chi connectivity index (χ2v) is 3.72. The first-order chi connectivity index (χ1) is 7.08. The summed E-state index contributed by atoms with van der Waals surface area (Å²) in [5.41, 5.74) is 3.40. The Morgan fingerprint density at radius 1 is 1.20 bits per heavy atom. The fourth-order valence-electron chi connectivity index (χ4n) is 1.22. The molecule has 0 spiro atoms. The van der Waals surface area contributed by atoms with Crippen molar-refractivity contribution >= 4 is 0 Å². The van der Waals surface area contributed by atoms with Crippen molar-refractivity contribution in [1.29, 1.82) is 0 Å². The third-order valence-corrected chi connectivity index (χ3v) is 1.99. The molecule has 0 fully saturated rings. The Labute approximate surface area is 91.7 Å². The molecule has 0 aliphatic rings. The summed E-state index contributed by atoms with van der Waals surface area (Å²) in [5.74, 6) is 0.781. The molecule has 15 heavy (non-hydrogen) atoms. The molecule has 0 heterocycles. The molecule has 0 aromatic heterocycles. The lowest BCUT2D eigenvalue weighted by Crippen LogP contribution is -2.23. The van der Waals surface area contributed by atoms with Gasteiger partial charge in [-0.3, -0.25) is 0 Å². The van der Waals surface area contributed by atoms with Gasteiger partial charge in [0.15, 0.2) is 0 Å². The molecule has 1 aromatic rings. The van der Waals surface area contributed by atoms with E-state index in [2.05, 4.69) is 55.0 Å². The molecule has 0 saturated heterocycles. The minimum atomic E-state index is 0.777. The van der Waals surface area contributed by atoms with Crippen LogP contribution >= 0.6 is 0 Å². The van der Waals surface area contributed by atoms with Crippen LogP contribution < -0.4 is 10.6 Å². The number of hydrogen-bond acceptors (Lipinski definition) is 2. The molecular formula is C13H18N2. The highest BCUT2D eigenvalue weighted by atomic mass is 15.1. The van der Waals surface area contributed by atoms with Crippen LogP contribution in [0.4, 0.5) is 0 Å². The second-order valence-electron chi connectivity index (χ2n) is 3.72. The topological polar surface area (TPSA) is 24.1 Å². The first-order valence-electron chi connectivity index (χ1n) is 4.99. The maximum Gasteiger partial charge on any atom is 0.0957 e. The Morgan fingerprint density at radius 2 is 1.80 bits per heavy atom. The highest BCUT2D eigenvalue weighted by Crippen LogP contribution is 2.02. The van der Waals surface area contributed by atoms with E-state index in [-0.39, 0.29) is 0 Å². The molecule has 2 nitrogen and oxygen atoms in total. The average molecular weight is 202 g/mol. The van der Waals surface area contributed by atoms with Crippen molar-refractivity contribution in [2.24, 2.45) is 0 Å². The molecular weight excluding hydrogens is 184 g/mol. The fraction of sp³-hybridized carbons (Fsp3) is 0.231. The summed E-state index contributed by atoms with van der Waals surface area (Å²) >= 11 is 0. The fourth-order valence-corrected chi connectivity index (χ4v) is 1.22. The molecule has 0 bridgehead atoms. The predicted molar refractivity (Wildman–Crippen MR) is 65.1 cm³/mol. The van der Waals surface area contributed by atoms with Crippen molar-refractivity contribution in [3.05, 3.63) is 60.1 Å². The third kappa shape index (κ3) is 4.36. The van der Waals surface area contributed by atoms with Gasteiger partial charge in [-0.05, 0) is 19.4 Å². The molecule has 1 rings (SSSR count). The monoisotopic (exact) mass is 202 g/mol. The molecule has 0 aliphatic carbocycles. The van der Waals surface area contributed by atoms with E-state index in [0.29, 0.717) is 0 Å². The van der Waals surface area contributed by atoms with E-state index in [1.165, 1.54) is 11.1 Å². The minimum absolute atomic E-state index is 0.777. The minimum Gasteiger partial charge on any atom is -0.368 e.